The third-order valence-electron chi connectivity index (χ3n) is 10.5. The lowest BCUT2D eigenvalue weighted by atomic mass is 10.0. The van der Waals surface area contributed by atoms with Crippen molar-refractivity contribution in [3.63, 3.8) is 0 Å². The van der Waals surface area contributed by atoms with Crippen LogP contribution in [0.4, 0.5) is 0 Å². The van der Waals surface area contributed by atoms with Crippen LogP contribution in [0.2, 0.25) is 19.6 Å². The van der Waals surface area contributed by atoms with Crippen LogP contribution in [0.25, 0.3) is 22.3 Å². The minimum atomic E-state index is -1.52. The van der Waals surface area contributed by atoms with Crippen molar-refractivity contribution in [2.24, 2.45) is 0 Å². The first-order valence-corrected chi connectivity index (χ1v) is 23.9. The number of halogens is 1. The molecule has 0 amide bonds. The fourth-order valence-electron chi connectivity index (χ4n) is 7.61. The molecule has 0 spiro atoms. The lowest BCUT2D eigenvalue weighted by molar-refractivity contribution is 1.19. The molecule has 0 saturated heterocycles. The average molecular weight is 867 g/mol. The average Bonchev–Trinajstić information content (AvgIpc) is 4.04. The molecule has 5 heterocycles. The van der Waals surface area contributed by atoms with Crippen molar-refractivity contribution in [1.29, 1.82) is 0 Å². The number of benzene rings is 4. The second-order valence-corrected chi connectivity index (χ2v) is 22.0. The van der Waals surface area contributed by atoms with Gasteiger partial charge in [-0.05, 0) is 131 Å². The number of hydrogen-bond donors (Lipinski definition) is 4. The highest BCUT2D eigenvalue weighted by Crippen LogP contribution is 2.28. The summed E-state index contributed by atoms with van der Waals surface area (Å²) in [7, 11) is -1.52. The Morgan fingerprint density at radius 1 is 0.386 bits per heavy atom. The van der Waals surface area contributed by atoms with Crippen LogP contribution >= 0.6 is 22.6 Å². The van der Waals surface area contributed by atoms with Crippen LogP contribution < -0.4 is 21.4 Å². The number of nitrogens with one attached hydrogen (secondary N) is 4. The van der Waals surface area contributed by atoms with Gasteiger partial charge in [-0.25, -0.2) is 0 Å². The number of H-pyrrole nitrogens is 4. The van der Waals surface area contributed by atoms with Gasteiger partial charge in [-0.15, -0.1) is 5.54 Å². The van der Waals surface area contributed by atoms with E-state index in [4.69, 9.17) is 0 Å². The summed E-state index contributed by atoms with van der Waals surface area (Å²) in [4.78, 5) is 15.6. The quantitative estimate of drug-likeness (QED) is 0.0778. The summed E-state index contributed by atoms with van der Waals surface area (Å²) in [6.07, 6.45) is 0. The fraction of sp³-hybridized carbons (Fsp3) is 0.0980. The molecule has 0 saturated carbocycles. The molecule has 0 radical (unpaired) electrons. The van der Waals surface area contributed by atoms with E-state index >= 15 is 0 Å². The maximum atomic E-state index is 3.91. The molecule has 0 fully saturated rings. The van der Waals surface area contributed by atoms with Crippen LogP contribution in [-0.4, -0.2) is 28.0 Å². The predicted molar refractivity (Wildman–Crippen MR) is 246 cm³/mol. The van der Waals surface area contributed by atoms with Crippen molar-refractivity contribution in [3.8, 4) is 11.5 Å². The Bertz CT molecular complexity index is 3100. The van der Waals surface area contributed by atoms with Crippen molar-refractivity contribution in [1.82, 2.24) is 19.9 Å². The van der Waals surface area contributed by atoms with E-state index in [0.29, 0.717) is 0 Å². The van der Waals surface area contributed by atoms with Gasteiger partial charge in [0.05, 0.1) is 0 Å². The van der Waals surface area contributed by atoms with Gasteiger partial charge in [-0.2, -0.15) is 0 Å². The highest BCUT2D eigenvalue weighted by atomic mass is 127. The standard InChI is InChI=1S/C51H43IN4Si/c1-32-6-12-35(13-7-32)48-40-22-26-44(53-40)50(37-16-10-34(11-17-37)30-31-57(3,4)5)45-27-23-41(54-45)49(36-14-8-33(2)9-15-36)43-25-29-47(56-43)51(46-28-24-42(48)55-46)38-18-20-39(52)21-19-38/h6-29,53-56H,1-5H3. The fourth-order valence-corrected chi connectivity index (χ4v) is 8.49. The first-order chi connectivity index (χ1) is 27.6. The molecule has 1 aliphatic heterocycles. The molecule has 6 heteroatoms. The third-order valence-corrected chi connectivity index (χ3v) is 12.1. The number of hydrogen-bond acceptors (Lipinski definition) is 0. The van der Waals surface area contributed by atoms with Gasteiger partial charge < -0.3 is 19.9 Å². The summed E-state index contributed by atoms with van der Waals surface area (Å²) in [6, 6.07) is 52.8. The number of aryl methyl sites for hydroxylation is 2. The van der Waals surface area contributed by atoms with Crippen LogP contribution in [0, 0.1) is 28.9 Å². The molecule has 0 unspecified atom stereocenters. The zero-order chi connectivity index (χ0) is 39.3. The number of rotatable bonds is 4. The van der Waals surface area contributed by atoms with Crippen molar-refractivity contribution >= 4 is 53.0 Å². The van der Waals surface area contributed by atoms with E-state index in [1.165, 1.54) is 14.7 Å². The largest absolute Gasteiger partial charge is 0.354 e. The van der Waals surface area contributed by atoms with Gasteiger partial charge in [0, 0.05) is 75.6 Å². The van der Waals surface area contributed by atoms with Gasteiger partial charge in [0.2, 0.25) is 0 Å². The van der Waals surface area contributed by atoms with Crippen LogP contribution in [0.5, 0.6) is 0 Å². The number of fused-ring (bicyclic) bond motifs is 8. The van der Waals surface area contributed by atoms with Crippen molar-refractivity contribution in [2.75, 3.05) is 0 Å². The van der Waals surface area contributed by atoms with E-state index in [0.717, 1.165) is 94.3 Å². The van der Waals surface area contributed by atoms with E-state index in [9.17, 15) is 0 Å². The molecule has 0 atom stereocenters. The van der Waals surface area contributed by atoms with Crippen LogP contribution in [0.15, 0.2) is 146 Å². The lowest BCUT2D eigenvalue weighted by Gasteiger charge is -2.10. The number of aromatic amines is 4. The Labute approximate surface area is 348 Å². The van der Waals surface area contributed by atoms with E-state index in [2.05, 4.69) is 233 Å². The molecule has 278 valence electrons. The molecule has 4 aromatic carbocycles. The Hall–Kier alpha value is -6.01. The van der Waals surface area contributed by atoms with Crippen LogP contribution in [0.1, 0.15) is 61.7 Å². The van der Waals surface area contributed by atoms with Gasteiger partial charge >= 0.3 is 0 Å². The van der Waals surface area contributed by atoms with Gasteiger partial charge in [-0.3, -0.25) is 0 Å². The summed E-state index contributed by atoms with van der Waals surface area (Å²) in [5, 5.41) is 4.12. The second-order valence-electron chi connectivity index (χ2n) is 16.0. The van der Waals surface area contributed by atoms with Gasteiger partial charge in [0.15, 0.2) is 0 Å². The summed E-state index contributed by atoms with van der Waals surface area (Å²) in [5.41, 5.74) is 20.0. The summed E-state index contributed by atoms with van der Waals surface area (Å²) < 4.78 is 1.20. The number of aromatic nitrogens is 4. The summed E-state index contributed by atoms with van der Waals surface area (Å²) in [5.74, 6) is 3.44. The minimum Gasteiger partial charge on any atom is -0.354 e. The van der Waals surface area contributed by atoms with E-state index in [-0.39, 0.29) is 0 Å². The molecule has 57 heavy (non-hydrogen) atoms. The molecule has 1 aliphatic rings. The highest BCUT2D eigenvalue weighted by molar-refractivity contribution is 14.1. The van der Waals surface area contributed by atoms with Crippen molar-refractivity contribution in [3.05, 3.63) is 232 Å². The minimum absolute atomic E-state index is 1.02. The predicted octanol–water partition coefficient (Wildman–Crippen LogP) is 8.75. The molecule has 9 rings (SSSR count). The molecule has 4 nitrogen and oxygen atoms in total. The third kappa shape index (κ3) is 7.49. The van der Waals surface area contributed by atoms with Crippen molar-refractivity contribution in [2.45, 2.75) is 33.5 Å². The molecule has 4 aromatic heterocycles. The Morgan fingerprint density at radius 2 is 0.702 bits per heavy atom. The van der Waals surface area contributed by atoms with Crippen LogP contribution in [0.3, 0.4) is 0 Å². The van der Waals surface area contributed by atoms with E-state index in [1.54, 1.807) is 0 Å². The molecule has 8 bridgehead atoms. The van der Waals surface area contributed by atoms with Gasteiger partial charge in [0.25, 0.3) is 0 Å². The zero-order valence-electron chi connectivity index (χ0n) is 32.7. The lowest BCUT2D eigenvalue weighted by Crippen LogP contribution is -2.19. The molecule has 4 N–H and O–H groups in total. The second kappa shape index (κ2) is 14.8. The van der Waals surface area contributed by atoms with Crippen LogP contribution in [-0.2, 0) is 0 Å². The summed E-state index contributed by atoms with van der Waals surface area (Å²) in [6.45, 7) is 11.1. The highest BCUT2D eigenvalue weighted by Gasteiger charge is 2.18. The topological polar surface area (TPSA) is 63.2 Å². The Kier molecular flexibility index (Phi) is 9.52. The van der Waals surface area contributed by atoms with Crippen molar-refractivity contribution < 1.29 is 0 Å². The normalized spacial score (nSPS) is 12.8. The molecule has 8 aromatic rings. The summed E-state index contributed by atoms with van der Waals surface area (Å²) >= 11 is 2.38. The first kappa shape index (κ1) is 36.6. The zero-order valence-corrected chi connectivity index (χ0v) is 35.9. The molecular formula is C51H43IN4Si. The Morgan fingerprint density at radius 3 is 1.04 bits per heavy atom. The first-order valence-electron chi connectivity index (χ1n) is 19.4. The monoisotopic (exact) mass is 866 g/mol. The van der Waals surface area contributed by atoms with Gasteiger partial charge in [0.1, 0.15) is 8.07 Å². The maximum Gasteiger partial charge on any atom is 0.129 e. The van der Waals surface area contributed by atoms with E-state index < -0.39 is 8.07 Å². The smallest absolute Gasteiger partial charge is 0.129 e. The molecule has 0 aliphatic carbocycles. The maximum absolute atomic E-state index is 3.91. The Balaban J connectivity index is 1.38. The van der Waals surface area contributed by atoms with E-state index in [1.807, 2.05) is 0 Å². The van der Waals surface area contributed by atoms with Gasteiger partial charge in [-0.1, -0.05) is 109 Å². The SMILES string of the molecule is Cc1ccc(C2=c3ccc([nH]3)=C(c3ccc(I)cc3)c3ccc([nH]3)C(c3ccc(C)cc3)=c3ccc([nH]3)=C(c3ccc(C#C[Si](C)(C)C)cc3)c3ccc2[nH]3)cc1. The molecular weight excluding hydrogens is 824 g/mol.